The number of anilines is 1. The number of aliphatic imine (C=N–C) groups is 1. The summed E-state index contributed by atoms with van der Waals surface area (Å²) in [6.45, 7) is 3.49. The van der Waals surface area contributed by atoms with Crippen LogP contribution in [0.3, 0.4) is 0 Å². The van der Waals surface area contributed by atoms with E-state index in [1.165, 1.54) is 12.3 Å². The Labute approximate surface area is 188 Å². The van der Waals surface area contributed by atoms with E-state index in [0.29, 0.717) is 43.6 Å². The number of amides is 1. The van der Waals surface area contributed by atoms with Gasteiger partial charge in [-0.05, 0) is 37.3 Å². The molecule has 8 nitrogen and oxygen atoms in total. The van der Waals surface area contributed by atoms with Gasteiger partial charge in [-0.3, -0.25) is 14.9 Å². The average molecular weight is 464 g/mol. The lowest BCUT2D eigenvalue weighted by molar-refractivity contribution is -0.153. The standard InChI is InChI=1S/C22H23F3N4O4/c1-2-32-20(31)17-18(16-7-4-12-33-16)26-21(27-19(17)30)29-10-8-28(9-11-29)15-6-3-5-14(13-15)22(23,24)25/h3-7,12-13,17-18H,2,8-11H2,1H3,(H,26,27,30)/t17-,18-/m1/s1. The fraction of sp³-hybridized carbons (Fsp3) is 0.409. The van der Waals surface area contributed by atoms with E-state index in [4.69, 9.17) is 9.15 Å². The molecule has 0 spiro atoms. The number of hydrogen-bond acceptors (Lipinski definition) is 7. The molecule has 1 fully saturated rings. The van der Waals surface area contributed by atoms with Crippen molar-refractivity contribution < 1.29 is 31.9 Å². The zero-order chi connectivity index (χ0) is 23.6. The zero-order valence-electron chi connectivity index (χ0n) is 17.8. The number of nitrogens with zero attached hydrogens (tertiary/aromatic N) is 3. The molecule has 0 radical (unpaired) electrons. The van der Waals surface area contributed by atoms with Gasteiger partial charge in [0.05, 0.1) is 18.4 Å². The number of rotatable bonds is 4. The van der Waals surface area contributed by atoms with E-state index in [0.717, 1.165) is 12.1 Å². The molecule has 1 saturated heterocycles. The van der Waals surface area contributed by atoms with Crippen molar-refractivity contribution in [1.29, 1.82) is 0 Å². The van der Waals surface area contributed by atoms with E-state index in [9.17, 15) is 22.8 Å². The highest BCUT2D eigenvalue weighted by Gasteiger charge is 2.43. The van der Waals surface area contributed by atoms with Gasteiger partial charge in [-0.25, -0.2) is 4.99 Å². The Morgan fingerprint density at radius 2 is 1.91 bits per heavy atom. The Hall–Kier alpha value is -3.50. The SMILES string of the molecule is CCOC(=O)[C@H]1C(=O)NC(N2CCN(c3cccc(C(F)(F)F)c3)CC2)=N[C@@H]1c1ccco1. The molecule has 0 aliphatic carbocycles. The summed E-state index contributed by atoms with van der Waals surface area (Å²) in [7, 11) is 0. The average Bonchev–Trinajstić information content (AvgIpc) is 3.33. The van der Waals surface area contributed by atoms with Crippen LogP contribution in [0.2, 0.25) is 0 Å². The summed E-state index contributed by atoms with van der Waals surface area (Å²) in [4.78, 5) is 33.5. The van der Waals surface area contributed by atoms with Crippen LogP contribution in [-0.2, 0) is 20.5 Å². The molecule has 1 aromatic heterocycles. The molecule has 4 rings (SSSR count). The molecule has 2 atom stereocenters. The predicted octanol–water partition coefficient (Wildman–Crippen LogP) is 2.83. The first kappa shape index (κ1) is 22.7. The third kappa shape index (κ3) is 4.81. The maximum atomic E-state index is 13.0. The minimum atomic E-state index is -4.41. The van der Waals surface area contributed by atoms with Crippen LogP contribution >= 0.6 is 0 Å². The van der Waals surface area contributed by atoms with Crippen molar-refractivity contribution in [3.63, 3.8) is 0 Å². The fourth-order valence-electron chi connectivity index (χ4n) is 3.94. The highest BCUT2D eigenvalue weighted by molar-refractivity contribution is 6.08. The third-order valence-electron chi connectivity index (χ3n) is 5.59. The molecule has 11 heteroatoms. The van der Waals surface area contributed by atoms with Gasteiger partial charge in [-0.15, -0.1) is 0 Å². The van der Waals surface area contributed by atoms with Crippen LogP contribution in [0.25, 0.3) is 0 Å². The van der Waals surface area contributed by atoms with E-state index in [2.05, 4.69) is 10.3 Å². The van der Waals surface area contributed by atoms with Gasteiger partial charge in [-0.2, -0.15) is 13.2 Å². The number of carbonyl (C=O) groups excluding carboxylic acids is 2. The zero-order valence-corrected chi connectivity index (χ0v) is 17.8. The van der Waals surface area contributed by atoms with Gasteiger partial charge in [0.15, 0.2) is 5.92 Å². The summed E-state index contributed by atoms with van der Waals surface area (Å²) in [6.07, 6.45) is -2.97. The summed E-state index contributed by atoms with van der Waals surface area (Å²) < 4.78 is 49.6. The molecule has 33 heavy (non-hydrogen) atoms. The number of esters is 1. The maximum absolute atomic E-state index is 13.0. The summed E-state index contributed by atoms with van der Waals surface area (Å²) in [5, 5.41) is 2.68. The van der Waals surface area contributed by atoms with E-state index >= 15 is 0 Å². The number of piperazine rings is 1. The monoisotopic (exact) mass is 464 g/mol. The van der Waals surface area contributed by atoms with Crippen molar-refractivity contribution in [2.24, 2.45) is 10.9 Å². The first-order chi connectivity index (χ1) is 15.8. The molecule has 176 valence electrons. The second-order valence-corrected chi connectivity index (χ2v) is 7.65. The first-order valence-electron chi connectivity index (χ1n) is 10.5. The molecule has 2 aliphatic heterocycles. The molecule has 3 heterocycles. The lowest BCUT2D eigenvalue weighted by Crippen LogP contribution is -2.57. The van der Waals surface area contributed by atoms with Gasteiger partial charge in [-0.1, -0.05) is 6.07 Å². The number of furan rings is 1. The molecule has 1 amide bonds. The van der Waals surface area contributed by atoms with Crippen molar-refractivity contribution >= 4 is 23.5 Å². The maximum Gasteiger partial charge on any atom is 0.416 e. The summed E-state index contributed by atoms with van der Waals surface area (Å²) in [6, 6.07) is 7.62. The predicted molar refractivity (Wildman–Crippen MR) is 112 cm³/mol. The van der Waals surface area contributed by atoms with E-state index in [-0.39, 0.29) is 6.61 Å². The third-order valence-corrected chi connectivity index (χ3v) is 5.59. The largest absolute Gasteiger partial charge is 0.467 e. The minimum Gasteiger partial charge on any atom is -0.467 e. The van der Waals surface area contributed by atoms with Crippen LogP contribution in [0, 0.1) is 5.92 Å². The number of ether oxygens (including phenoxy) is 1. The van der Waals surface area contributed by atoms with Gasteiger partial charge < -0.3 is 19.0 Å². The van der Waals surface area contributed by atoms with Gasteiger partial charge >= 0.3 is 12.1 Å². The van der Waals surface area contributed by atoms with Crippen molar-refractivity contribution in [2.75, 3.05) is 37.7 Å². The van der Waals surface area contributed by atoms with Crippen LogP contribution < -0.4 is 10.2 Å². The first-order valence-corrected chi connectivity index (χ1v) is 10.5. The number of guanidine groups is 1. The van der Waals surface area contributed by atoms with Crippen LogP contribution in [-0.4, -0.2) is 55.5 Å². The number of hydrogen-bond donors (Lipinski definition) is 1. The second kappa shape index (κ2) is 9.16. The number of nitrogens with one attached hydrogen (secondary N) is 1. The topological polar surface area (TPSA) is 87.4 Å². The Morgan fingerprint density at radius 3 is 2.55 bits per heavy atom. The number of alkyl halides is 3. The molecular formula is C22H23F3N4O4. The van der Waals surface area contributed by atoms with Gasteiger partial charge in [0.2, 0.25) is 11.9 Å². The van der Waals surface area contributed by atoms with Gasteiger partial charge in [0.1, 0.15) is 11.8 Å². The van der Waals surface area contributed by atoms with Crippen LogP contribution in [0.5, 0.6) is 0 Å². The molecule has 0 saturated carbocycles. The molecule has 1 N–H and O–H groups in total. The Morgan fingerprint density at radius 1 is 1.18 bits per heavy atom. The molecule has 0 bridgehead atoms. The van der Waals surface area contributed by atoms with E-state index < -0.39 is 35.6 Å². The van der Waals surface area contributed by atoms with E-state index in [1.54, 1.807) is 25.1 Å². The molecular weight excluding hydrogens is 441 g/mol. The number of carbonyl (C=O) groups is 2. The lowest BCUT2D eigenvalue weighted by atomic mass is 9.95. The molecule has 1 aromatic carbocycles. The highest BCUT2D eigenvalue weighted by Crippen LogP contribution is 2.33. The quantitative estimate of drug-likeness (QED) is 0.553. The highest BCUT2D eigenvalue weighted by atomic mass is 19.4. The second-order valence-electron chi connectivity index (χ2n) is 7.65. The Bertz CT molecular complexity index is 1030. The normalized spacial score (nSPS) is 21.5. The van der Waals surface area contributed by atoms with Crippen molar-refractivity contribution in [1.82, 2.24) is 10.2 Å². The summed E-state index contributed by atoms with van der Waals surface area (Å²) in [5.41, 5.74) is -0.215. The van der Waals surface area contributed by atoms with Crippen molar-refractivity contribution in [3.05, 3.63) is 54.0 Å². The lowest BCUT2D eigenvalue weighted by Gasteiger charge is -2.39. The Balaban J connectivity index is 1.50. The minimum absolute atomic E-state index is 0.127. The Kier molecular flexibility index (Phi) is 6.30. The van der Waals surface area contributed by atoms with Crippen molar-refractivity contribution in [2.45, 2.75) is 19.1 Å². The van der Waals surface area contributed by atoms with Gasteiger partial charge in [0.25, 0.3) is 0 Å². The van der Waals surface area contributed by atoms with Crippen LogP contribution in [0.15, 0.2) is 52.1 Å². The summed E-state index contributed by atoms with van der Waals surface area (Å²) in [5.74, 6) is -1.74. The summed E-state index contributed by atoms with van der Waals surface area (Å²) >= 11 is 0. The van der Waals surface area contributed by atoms with Crippen LogP contribution in [0.1, 0.15) is 24.3 Å². The molecule has 0 unspecified atom stereocenters. The van der Waals surface area contributed by atoms with Gasteiger partial charge in [0, 0.05) is 31.9 Å². The number of benzene rings is 1. The number of halogens is 3. The molecule has 2 aliphatic rings. The van der Waals surface area contributed by atoms with Crippen molar-refractivity contribution in [3.8, 4) is 0 Å². The molecule has 2 aromatic rings. The fourth-order valence-corrected chi connectivity index (χ4v) is 3.94. The van der Waals surface area contributed by atoms with Crippen LogP contribution in [0.4, 0.5) is 18.9 Å². The van der Waals surface area contributed by atoms with E-state index in [1.807, 2.05) is 9.80 Å². The smallest absolute Gasteiger partial charge is 0.416 e.